The number of benzene rings is 2. The molecule has 0 atom stereocenters. The molecular formula is C18H14O4S. The van der Waals surface area contributed by atoms with Gasteiger partial charge in [-0.05, 0) is 24.8 Å². The molecule has 116 valence electrons. The number of esters is 1. The van der Waals surface area contributed by atoms with Crippen LogP contribution in [-0.4, -0.2) is 16.9 Å². The fraction of sp³-hybridized carbons (Fsp3) is 0. The van der Waals surface area contributed by atoms with E-state index in [1.54, 1.807) is 36.4 Å². The molecule has 0 aliphatic carbocycles. The van der Waals surface area contributed by atoms with Crippen molar-refractivity contribution in [3.63, 3.8) is 0 Å². The fourth-order valence-electron chi connectivity index (χ4n) is 1.87. The molecule has 0 aromatic heterocycles. The van der Waals surface area contributed by atoms with Crippen LogP contribution in [0, 0.1) is 0 Å². The zero-order valence-corrected chi connectivity index (χ0v) is 13.0. The van der Waals surface area contributed by atoms with Gasteiger partial charge in [0.25, 0.3) is 0 Å². The van der Waals surface area contributed by atoms with Crippen molar-refractivity contribution in [3.8, 4) is 5.75 Å². The topological polar surface area (TPSA) is 63.6 Å². The first-order chi connectivity index (χ1) is 11.0. The SMILES string of the molecule is C=CC(=O)Oc1cc(SC(=C)O)ccc1C(=O)c1ccccc1. The molecule has 23 heavy (non-hydrogen) atoms. The lowest BCUT2D eigenvalue weighted by atomic mass is 10.0. The minimum atomic E-state index is -0.669. The third-order valence-electron chi connectivity index (χ3n) is 2.85. The third-order valence-corrected chi connectivity index (χ3v) is 3.57. The van der Waals surface area contributed by atoms with Gasteiger partial charge in [-0.25, -0.2) is 4.79 Å². The Morgan fingerprint density at radius 3 is 2.43 bits per heavy atom. The van der Waals surface area contributed by atoms with Crippen molar-refractivity contribution in [1.82, 2.24) is 0 Å². The summed E-state index contributed by atoms with van der Waals surface area (Å²) in [4.78, 5) is 24.7. The minimum absolute atomic E-state index is 0.104. The van der Waals surface area contributed by atoms with Gasteiger partial charge >= 0.3 is 5.97 Å². The van der Waals surface area contributed by atoms with Crippen molar-refractivity contribution in [2.45, 2.75) is 4.90 Å². The Morgan fingerprint density at radius 1 is 1.13 bits per heavy atom. The number of aliphatic hydroxyl groups is 1. The van der Waals surface area contributed by atoms with Gasteiger partial charge in [-0.2, -0.15) is 0 Å². The smallest absolute Gasteiger partial charge is 0.335 e. The maximum atomic E-state index is 12.6. The summed E-state index contributed by atoms with van der Waals surface area (Å²) in [5, 5.41) is 9.16. The van der Waals surface area contributed by atoms with Gasteiger partial charge in [0.1, 0.15) is 10.8 Å². The zero-order valence-electron chi connectivity index (χ0n) is 12.2. The Hall–Kier alpha value is -2.79. The Balaban J connectivity index is 2.44. The van der Waals surface area contributed by atoms with E-state index in [4.69, 9.17) is 4.74 Å². The number of rotatable bonds is 6. The van der Waals surface area contributed by atoms with Gasteiger partial charge in [0.2, 0.25) is 0 Å². The lowest BCUT2D eigenvalue weighted by Gasteiger charge is -2.10. The van der Waals surface area contributed by atoms with Crippen LogP contribution in [0.25, 0.3) is 0 Å². The minimum Gasteiger partial charge on any atom is -0.502 e. The van der Waals surface area contributed by atoms with Crippen LogP contribution in [0.4, 0.5) is 0 Å². The predicted octanol–water partition coefficient (Wildman–Crippen LogP) is 4.13. The highest BCUT2D eigenvalue weighted by molar-refractivity contribution is 8.02. The van der Waals surface area contributed by atoms with Crippen LogP contribution in [0.5, 0.6) is 5.75 Å². The highest BCUT2D eigenvalue weighted by Gasteiger charge is 2.17. The van der Waals surface area contributed by atoms with Crippen LogP contribution in [0.3, 0.4) is 0 Å². The van der Waals surface area contributed by atoms with E-state index in [2.05, 4.69) is 13.2 Å². The molecule has 0 heterocycles. The van der Waals surface area contributed by atoms with Crippen LogP contribution in [0.2, 0.25) is 0 Å². The van der Waals surface area contributed by atoms with Crippen molar-refractivity contribution < 1.29 is 19.4 Å². The monoisotopic (exact) mass is 326 g/mol. The Kier molecular flexibility index (Phi) is 5.38. The maximum Gasteiger partial charge on any atom is 0.335 e. The molecule has 0 aliphatic rings. The lowest BCUT2D eigenvalue weighted by molar-refractivity contribution is -0.128. The molecule has 0 bridgehead atoms. The highest BCUT2D eigenvalue weighted by Crippen LogP contribution is 2.31. The number of ketones is 1. The first-order valence-corrected chi connectivity index (χ1v) is 7.46. The second-order valence-electron chi connectivity index (χ2n) is 4.47. The molecule has 2 aromatic rings. The number of carbonyl (C=O) groups excluding carboxylic acids is 2. The Morgan fingerprint density at radius 2 is 1.83 bits per heavy atom. The van der Waals surface area contributed by atoms with Crippen LogP contribution in [-0.2, 0) is 4.79 Å². The van der Waals surface area contributed by atoms with Crippen molar-refractivity contribution in [3.05, 3.63) is 84.0 Å². The summed E-state index contributed by atoms with van der Waals surface area (Å²) < 4.78 is 5.16. The molecule has 0 saturated heterocycles. The summed E-state index contributed by atoms with van der Waals surface area (Å²) in [6.45, 7) is 6.73. The second kappa shape index (κ2) is 7.47. The fourth-order valence-corrected chi connectivity index (χ4v) is 2.44. The van der Waals surface area contributed by atoms with Crippen molar-refractivity contribution in [2.75, 3.05) is 0 Å². The third kappa shape index (κ3) is 4.34. The van der Waals surface area contributed by atoms with Crippen LogP contribution < -0.4 is 4.74 Å². The molecule has 0 unspecified atom stereocenters. The normalized spacial score (nSPS) is 9.91. The average molecular weight is 326 g/mol. The van der Waals surface area contributed by atoms with Gasteiger partial charge in [0.15, 0.2) is 5.78 Å². The van der Waals surface area contributed by atoms with E-state index in [0.29, 0.717) is 10.5 Å². The van der Waals surface area contributed by atoms with E-state index < -0.39 is 5.97 Å². The maximum absolute atomic E-state index is 12.6. The largest absolute Gasteiger partial charge is 0.502 e. The molecule has 0 saturated carbocycles. The number of hydrogen-bond donors (Lipinski definition) is 1. The number of ether oxygens (including phenoxy) is 1. The molecule has 2 aromatic carbocycles. The standard InChI is InChI=1S/C18H14O4S/c1-3-17(20)22-16-11-14(23-12(2)19)9-10-15(16)18(21)13-7-5-4-6-8-13/h3-11,19H,1-2H2. The highest BCUT2D eigenvalue weighted by atomic mass is 32.2. The summed E-state index contributed by atoms with van der Waals surface area (Å²) in [7, 11) is 0. The first kappa shape index (κ1) is 16.6. The quantitative estimate of drug-likeness (QED) is 0.216. The summed E-state index contributed by atoms with van der Waals surface area (Å²) >= 11 is 0.996. The van der Waals surface area contributed by atoms with E-state index in [-0.39, 0.29) is 22.2 Å². The average Bonchev–Trinajstić information content (AvgIpc) is 2.54. The molecule has 0 aliphatic heterocycles. The van der Waals surface area contributed by atoms with Crippen molar-refractivity contribution in [2.24, 2.45) is 0 Å². The van der Waals surface area contributed by atoms with Gasteiger partial charge < -0.3 is 9.84 Å². The molecule has 4 nitrogen and oxygen atoms in total. The molecule has 0 amide bonds. The van der Waals surface area contributed by atoms with Gasteiger partial charge in [0.05, 0.1) is 5.56 Å². The van der Waals surface area contributed by atoms with E-state index >= 15 is 0 Å². The number of thioether (sulfide) groups is 1. The van der Waals surface area contributed by atoms with E-state index in [1.165, 1.54) is 6.07 Å². The molecule has 1 N–H and O–H groups in total. The number of carbonyl (C=O) groups is 2. The molecule has 0 spiro atoms. The predicted molar refractivity (Wildman–Crippen MR) is 89.8 cm³/mol. The van der Waals surface area contributed by atoms with Gasteiger partial charge in [-0.15, -0.1) is 0 Å². The number of hydrogen-bond acceptors (Lipinski definition) is 5. The van der Waals surface area contributed by atoms with Crippen molar-refractivity contribution in [1.29, 1.82) is 0 Å². The van der Waals surface area contributed by atoms with Gasteiger partial charge in [-0.1, -0.05) is 48.7 Å². The van der Waals surface area contributed by atoms with Gasteiger partial charge in [0, 0.05) is 16.5 Å². The zero-order chi connectivity index (χ0) is 16.8. The molecular weight excluding hydrogens is 312 g/mol. The van der Waals surface area contributed by atoms with E-state index in [1.807, 2.05) is 6.07 Å². The van der Waals surface area contributed by atoms with E-state index in [0.717, 1.165) is 17.8 Å². The number of aliphatic hydroxyl groups excluding tert-OH is 1. The Bertz CT molecular complexity index is 766. The first-order valence-electron chi connectivity index (χ1n) is 6.65. The summed E-state index contributed by atoms with van der Waals surface area (Å²) in [5.41, 5.74) is 0.731. The molecule has 2 rings (SSSR count). The van der Waals surface area contributed by atoms with Gasteiger partial charge in [-0.3, -0.25) is 4.79 Å². The molecule has 0 radical (unpaired) electrons. The van der Waals surface area contributed by atoms with Crippen molar-refractivity contribution >= 4 is 23.5 Å². The Labute approximate surface area is 138 Å². The molecule has 5 heteroatoms. The second-order valence-corrected chi connectivity index (χ2v) is 5.62. The van der Waals surface area contributed by atoms with E-state index in [9.17, 15) is 14.7 Å². The summed E-state index contributed by atoms with van der Waals surface area (Å²) in [6.07, 6.45) is 1.02. The summed E-state index contributed by atoms with van der Waals surface area (Å²) in [5.74, 6) is -0.830. The van der Waals surface area contributed by atoms with Crippen LogP contribution in [0.1, 0.15) is 15.9 Å². The van der Waals surface area contributed by atoms with Crippen LogP contribution >= 0.6 is 11.8 Å². The lowest BCUT2D eigenvalue weighted by Crippen LogP contribution is -2.09. The molecule has 0 fully saturated rings. The van der Waals surface area contributed by atoms with Crippen LogP contribution in [0.15, 0.2) is 77.8 Å². The summed E-state index contributed by atoms with van der Waals surface area (Å²) in [6, 6.07) is 13.4.